The van der Waals surface area contributed by atoms with Crippen LogP contribution in [0.4, 0.5) is 0 Å². The van der Waals surface area contributed by atoms with E-state index in [9.17, 15) is 9.59 Å². The van der Waals surface area contributed by atoms with E-state index in [0.717, 1.165) is 21.7 Å². The van der Waals surface area contributed by atoms with Gasteiger partial charge in [0.15, 0.2) is 0 Å². The van der Waals surface area contributed by atoms with E-state index in [-0.39, 0.29) is 17.9 Å². The zero-order valence-corrected chi connectivity index (χ0v) is 13.6. The highest BCUT2D eigenvalue weighted by Gasteiger charge is 2.19. The van der Waals surface area contributed by atoms with E-state index in [4.69, 9.17) is 4.74 Å². The van der Waals surface area contributed by atoms with E-state index in [0.29, 0.717) is 37.5 Å². The molecule has 0 spiro atoms. The van der Waals surface area contributed by atoms with Crippen LogP contribution in [0.5, 0.6) is 0 Å². The molecule has 1 fully saturated rings. The number of ether oxygens (including phenoxy) is 1. The third-order valence-electron chi connectivity index (χ3n) is 3.95. The molecule has 0 bridgehead atoms. The number of rotatable bonds is 3. The first-order chi connectivity index (χ1) is 10.6. The maximum atomic E-state index is 12.3. The predicted octanol–water partition coefficient (Wildman–Crippen LogP) is 1.26. The van der Waals surface area contributed by atoms with Gasteiger partial charge in [0.25, 0.3) is 5.56 Å². The number of amides is 1. The molecule has 1 amide bonds. The van der Waals surface area contributed by atoms with Crippen LogP contribution in [0.3, 0.4) is 0 Å². The predicted molar refractivity (Wildman–Crippen MR) is 85.5 cm³/mol. The molecule has 0 aromatic carbocycles. The fourth-order valence-corrected chi connectivity index (χ4v) is 3.93. The van der Waals surface area contributed by atoms with Crippen LogP contribution in [0.15, 0.2) is 4.79 Å². The normalized spacial score (nSPS) is 15.5. The molecule has 2 aromatic heterocycles. The van der Waals surface area contributed by atoms with Crippen LogP contribution < -0.4 is 5.56 Å². The highest BCUT2D eigenvalue weighted by Crippen LogP contribution is 2.27. The topological polar surface area (TPSA) is 75.3 Å². The van der Waals surface area contributed by atoms with Gasteiger partial charge in [-0.15, -0.1) is 11.3 Å². The Morgan fingerprint density at radius 3 is 2.82 bits per heavy atom. The molecule has 1 saturated heterocycles. The Bertz CT molecular complexity index is 759. The average Bonchev–Trinajstić information content (AvgIpc) is 2.83. The van der Waals surface area contributed by atoms with Gasteiger partial charge in [0.05, 0.1) is 25.0 Å². The lowest BCUT2D eigenvalue weighted by Crippen LogP contribution is -2.41. The number of aromatic nitrogens is 2. The largest absolute Gasteiger partial charge is 0.378 e. The maximum Gasteiger partial charge on any atom is 0.259 e. The van der Waals surface area contributed by atoms with Crippen molar-refractivity contribution < 1.29 is 9.53 Å². The summed E-state index contributed by atoms with van der Waals surface area (Å²) in [7, 11) is 0. The number of hydrogen-bond donors (Lipinski definition) is 1. The highest BCUT2D eigenvalue weighted by atomic mass is 32.1. The van der Waals surface area contributed by atoms with Crippen LogP contribution in [-0.4, -0.2) is 47.1 Å². The van der Waals surface area contributed by atoms with Crippen LogP contribution >= 0.6 is 11.3 Å². The van der Waals surface area contributed by atoms with Gasteiger partial charge >= 0.3 is 0 Å². The molecule has 1 N–H and O–H groups in total. The molecule has 0 aliphatic carbocycles. The van der Waals surface area contributed by atoms with Crippen LogP contribution in [0.2, 0.25) is 0 Å². The summed E-state index contributed by atoms with van der Waals surface area (Å²) >= 11 is 1.52. The van der Waals surface area contributed by atoms with Gasteiger partial charge in [0.2, 0.25) is 5.91 Å². The number of aromatic amines is 1. The molecule has 118 valence electrons. The molecule has 0 atom stereocenters. The highest BCUT2D eigenvalue weighted by molar-refractivity contribution is 7.18. The first-order valence-electron chi connectivity index (χ1n) is 7.46. The number of morpholine rings is 1. The summed E-state index contributed by atoms with van der Waals surface area (Å²) in [6.07, 6.45) is 0.937. The molecule has 3 rings (SSSR count). The first-order valence-corrected chi connectivity index (χ1v) is 8.28. The van der Waals surface area contributed by atoms with Crippen molar-refractivity contribution in [3.05, 3.63) is 26.6 Å². The van der Waals surface area contributed by atoms with E-state index in [1.807, 2.05) is 13.8 Å². The molecule has 0 radical (unpaired) electrons. The molecule has 2 aromatic rings. The second-order valence-corrected chi connectivity index (χ2v) is 6.56. The Balaban J connectivity index is 1.89. The van der Waals surface area contributed by atoms with Crippen molar-refractivity contribution in [1.29, 1.82) is 0 Å². The van der Waals surface area contributed by atoms with Crippen molar-refractivity contribution in [3.8, 4) is 0 Å². The summed E-state index contributed by atoms with van der Waals surface area (Å²) in [6.45, 7) is 6.37. The maximum absolute atomic E-state index is 12.3. The molecular weight excluding hydrogens is 302 g/mol. The second-order valence-electron chi connectivity index (χ2n) is 5.35. The van der Waals surface area contributed by atoms with Crippen molar-refractivity contribution in [2.45, 2.75) is 26.7 Å². The molecule has 7 heteroatoms. The number of aryl methyl sites for hydroxylation is 2. The van der Waals surface area contributed by atoms with Crippen LogP contribution in [0, 0.1) is 6.92 Å². The molecule has 1 aliphatic rings. The molecule has 3 heterocycles. The number of carbonyl (C=O) groups excluding carboxylic acids is 1. The van der Waals surface area contributed by atoms with E-state index in [1.54, 1.807) is 4.90 Å². The third-order valence-corrected chi connectivity index (χ3v) is 4.99. The van der Waals surface area contributed by atoms with Crippen molar-refractivity contribution in [3.63, 3.8) is 0 Å². The van der Waals surface area contributed by atoms with E-state index < -0.39 is 0 Å². The van der Waals surface area contributed by atoms with Gasteiger partial charge in [0.1, 0.15) is 10.7 Å². The van der Waals surface area contributed by atoms with Gasteiger partial charge in [0, 0.05) is 18.0 Å². The minimum absolute atomic E-state index is 0.0187. The van der Waals surface area contributed by atoms with Crippen molar-refractivity contribution in [1.82, 2.24) is 14.9 Å². The molecule has 1 aliphatic heterocycles. The lowest BCUT2D eigenvalue weighted by Gasteiger charge is -2.26. The SMILES string of the molecule is CCc1c(C)sc2nc(CC(=O)N3CCOCC3)[nH]c(=O)c12. The zero-order chi connectivity index (χ0) is 15.7. The fraction of sp³-hybridized carbons (Fsp3) is 0.533. The second kappa shape index (κ2) is 6.18. The summed E-state index contributed by atoms with van der Waals surface area (Å²) in [5.41, 5.74) is 0.913. The average molecular weight is 321 g/mol. The van der Waals surface area contributed by atoms with Gasteiger partial charge in [-0.2, -0.15) is 0 Å². The van der Waals surface area contributed by atoms with Gasteiger partial charge < -0.3 is 14.6 Å². The quantitative estimate of drug-likeness (QED) is 0.923. The lowest BCUT2D eigenvalue weighted by atomic mass is 10.1. The first kappa shape index (κ1) is 15.2. The Kier molecular flexibility index (Phi) is 4.26. The van der Waals surface area contributed by atoms with Gasteiger partial charge in [-0.25, -0.2) is 4.98 Å². The summed E-state index contributed by atoms with van der Waals surface area (Å²) in [6, 6.07) is 0. The summed E-state index contributed by atoms with van der Waals surface area (Å²) in [4.78, 5) is 35.4. The number of nitrogens with zero attached hydrogens (tertiary/aromatic N) is 2. The number of hydrogen-bond acceptors (Lipinski definition) is 5. The monoisotopic (exact) mass is 321 g/mol. The van der Waals surface area contributed by atoms with Crippen molar-refractivity contribution in [2.75, 3.05) is 26.3 Å². The van der Waals surface area contributed by atoms with Crippen LogP contribution in [-0.2, 0) is 22.4 Å². The number of nitrogens with one attached hydrogen (secondary N) is 1. The van der Waals surface area contributed by atoms with E-state index in [1.165, 1.54) is 11.3 Å². The third kappa shape index (κ3) is 2.78. The van der Waals surface area contributed by atoms with Gasteiger partial charge in [-0.05, 0) is 18.9 Å². The number of carbonyl (C=O) groups is 1. The fourth-order valence-electron chi connectivity index (χ4n) is 2.80. The lowest BCUT2D eigenvalue weighted by molar-refractivity contribution is -0.134. The standard InChI is InChI=1S/C15H19N3O3S/c1-3-10-9(2)22-15-13(10)14(20)16-11(17-15)8-12(19)18-4-6-21-7-5-18/h3-8H2,1-2H3,(H,16,17,20). The van der Waals surface area contributed by atoms with Crippen LogP contribution in [0.1, 0.15) is 23.2 Å². The molecular formula is C15H19N3O3S. The summed E-state index contributed by atoms with van der Waals surface area (Å²) < 4.78 is 5.24. The number of H-pyrrole nitrogens is 1. The number of fused-ring (bicyclic) bond motifs is 1. The Hall–Kier alpha value is -1.73. The van der Waals surface area contributed by atoms with Crippen LogP contribution in [0.25, 0.3) is 10.2 Å². The summed E-state index contributed by atoms with van der Waals surface area (Å²) in [5, 5.41) is 0.674. The Labute approximate surface area is 132 Å². The molecule has 6 nitrogen and oxygen atoms in total. The number of thiophene rings is 1. The van der Waals surface area contributed by atoms with Gasteiger partial charge in [-0.3, -0.25) is 9.59 Å². The van der Waals surface area contributed by atoms with E-state index >= 15 is 0 Å². The van der Waals surface area contributed by atoms with Crippen molar-refractivity contribution in [2.24, 2.45) is 0 Å². The zero-order valence-electron chi connectivity index (χ0n) is 12.8. The van der Waals surface area contributed by atoms with Crippen molar-refractivity contribution >= 4 is 27.5 Å². The Morgan fingerprint density at radius 1 is 1.41 bits per heavy atom. The molecule has 0 saturated carbocycles. The van der Waals surface area contributed by atoms with Gasteiger partial charge in [-0.1, -0.05) is 6.92 Å². The minimum Gasteiger partial charge on any atom is -0.378 e. The molecule has 0 unspecified atom stereocenters. The molecule has 22 heavy (non-hydrogen) atoms. The smallest absolute Gasteiger partial charge is 0.259 e. The Morgan fingerprint density at radius 2 is 2.14 bits per heavy atom. The summed E-state index contributed by atoms with van der Waals surface area (Å²) in [5.74, 6) is 0.424. The minimum atomic E-state index is -0.143. The van der Waals surface area contributed by atoms with E-state index in [2.05, 4.69) is 9.97 Å².